The van der Waals surface area contributed by atoms with Gasteiger partial charge >= 0.3 is 0 Å². The summed E-state index contributed by atoms with van der Waals surface area (Å²) in [5, 5.41) is 3.39. The van der Waals surface area contributed by atoms with E-state index in [2.05, 4.69) is 26.2 Å². The maximum absolute atomic E-state index is 12.7. The fourth-order valence-corrected chi connectivity index (χ4v) is 4.34. The van der Waals surface area contributed by atoms with Gasteiger partial charge in [-0.25, -0.2) is 4.99 Å². The molecule has 1 N–H and O–H groups in total. The molecule has 2 aromatic rings. The van der Waals surface area contributed by atoms with Gasteiger partial charge in [-0.05, 0) is 43.3 Å². The summed E-state index contributed by atoms with van der Waals surface area (Å²) >= 11 is 10.7. The van der Waals surface area contributed by atoms with E-state index >= 15 is 0 Å². The monoisotopic (exact) mass is 465 g/mol. The zero-order chi connectivity index (χ0) is 19.4. The van der Waals surface area contributed by atoms with Gasteiger partial charge in [0.05, 0.1) is 5.69 Å². The van der Waals surface area contributed by atoms with Gasteiger partial charge in [0.15, 0.2) is 5.17 Å². The maximum atomic E-state index is 12.7. The van der Waals surface area contributed by atoms with Crippen LogP contribution in [0.25, 0.3) is 0 Å². The van der Waals surface area contributed by atoms with Crippen molar-refractivity contribution in [3.05, 3.63) is 58.0 Å². The van der Waals surface area contributed by atoms with Crippen LogP contribution in [0.2, 0.25) is 5.02 Å². The van der Waals surface area contributed by atoms with Gasteiger partial charge in [-0.15, -0.1) is 0 Å². The Morgan fingerprint density at radius 3 is 2.81 bits per heavy atom. The first-order valence-electron chi connectivity index (χ1n) is 8.34. The van der Waals surface area contributed by atoms with Gasteiger partial charge in [0.25, 0.3) is 0 Å². The molecule has 8 heteroatoms. The minimum absolute atomic E-state index is 0.119. The molecule has 140 valence electrons. The van der Waals surface area contributed by atoms with Crippen LogP contribution in [0.5, 0.6) is 0 Å². The molecule has 0 saturated carbocycles. The summed E-state index contributed by atoms with van der Waals surface area (Å²) in [5.41, 5.74) is 1.32. The van der Waals surface area contributed by atoms with Crippen LogP contribution in [0.15, 0.2) is 58.0 Å². The van der Waals surface area contributed by atoms with Crippen LogP contribution in [0.3, 0.4) is 0 Å². The molecule has 0 aromatic heterocycles. The topological polar surface area (TPSA) is 61.8 Å². The fourth-order valence-electron chi connectivity index (χ4n) is 2.60. The van der Waals surface area contributed by atoms with Crippen molar-refractivity contribution in [2.24, 2.45) is 4.99 Å². The molecule has 3 rings (SSSR count). The maximum Gasteiger partial charge on any atom is 0.238 e. The zero-order valence-electron chi connectivity index (χ0n) is 14.5. The molecule has 0 radical (unpaired) electrons. The molecule has 1 aliphatic rings. The Balaban J connectivity index is 1.81. The Morgan fingerprint density at radius 1 is 1.33 bits per heavy atom. The van der Waals surface area contributed by atoms with Crippen molar-refractivity contribution in [2.75, 3.05) is 11.9 Å². The normalized spacial score (nSPS) is 18.6. The lowest BCUT2D eigenvalue weighted by Crippen LogP contribution is -2.45. The Bertz CT molecular complexity index is 906. The van der Waals surface area contributed by atoms with Crippen molar-refractivity contribution in [1.82, 2.24) is 4.90 Å². The molecule has 1 atom stereocenters. The van der Waals surface area contributed by atoms with Gasteiger partial charge in [-0.2, -0.15) is 0 Å². The molecule has 27 heavy (non-hydrogen) atoms. The molecule has 2 amide bonds. The fraction of sp³-hybridized carbons (Fsp3) is 0.211. The van der Waals surface area contributed by atoms with Gasteiger partial charge in [0.2, 0.25) is 11.8 Å². The first kappa shape index (κ1) is 19.9. The minimum atomic E-state index is -0.544. The molecule has 0 bridgehead atoms. The van der Waals surface area contributed by atoms with Gasteiger partial charge in [-0.1, -0.05) is 51.4 Å². The van der Waals surface area contributed by atoms with E-state index in [-0.39, 0.29) is 18.2 Å². The van der Waals surface area contributed by atoms with Crippen LogP contribution < -0.4 is 5.32 Å². The van der Waals surface area contributed by atoms with E-state index in [4.69, 9.17) is 11.6 Å². The third kappa shape index (κ3) is 5.12. The van der Waals surface area contributed by atoms with Gasteiger partial charge in [0.1, 0.15) is 5.25 Å². The molecule has 1 saturated heterocycles. The summed E-state index contributed by atoms with van der Waals surface area (Å²) in [6.07, 6.45) is 0.132. The van der Waals surface area contributed by atoms with Gasteiger partial charge in [-0.3, -0.25) is 14.5 Å². The Hall–Kier alpha value is -1.83. The standard InChI is InChI=1S/C19H17BrClN3O2S/c1-2-24-17(25)11-16(18(26)22-14-7-3-5-12(20)9-14)27-19(24)23-15-8-4-6-13(21)10-15/h3-10,16H,2,11H2,1H3,(H,22,26). The number of amidine groups is 1. The number of anilines is 1. The van der Waals surface area contributed by atoms with E-state index in [0.717, 1.165) is 4.47 Å². The summed E-state index contributed by atoms with van der Waals surface area (Å²) in [6, 6.07) is 14.4. The van der Waals surface area contributed by atoms with Crippen LogP contribution in [-0.2, 0) is 9.59 Å². The van der Waals surface area contributed by atoms with E-state index in [1.807, 2.05) is 31.2 Å². The average Bonchev–Trinajstić information content (AvgIpc) is 2.61. The number of aliphatic imine (C=N–C) groups is 1. The van der Waals surface area contributed by atoms with Crippen LogP contribution in [-0.4, -0.2) is 33.7 Å². The number of hydrogen-bond donors (Lipinski definition) is 1. The Labute approximate surface area is 175 Å². The molecule has 0 aliphatic carbocycles. The molecule has 0 spiro atoms. The number of nitrogens with zero attached hydrogens (tertiary/aromatic N) is 2. The van der Waals surface area contributed by atoms with Crippen molar-refractivity contribution < 1.29 is 9.59 Å². The number of benzene rings is 2. The highest BCUT2D eigenvalue weighted by Crippen LogP contribution is 2.30. The number of nitrogens with one attached hydrogen (secondary N) is 1. The lowest BCUT2D eigenvalue weighted by atomic mass is 10.2. The Morgan fingerprint density at radius 2 is 2.11 bits per heavy atom. The number of rotatable bonds is 4. The summed E-state index contributed by atoms with van der Waals surface area (Å²) in [7, 11) is 0. The second-order valence-electron chi connectivity index (χ2n) is 5.82. The second kappa shape index (κ2) is 8.91. The first-order valence-corrected chi connectivity index (χ1v) is 10.4. The smallest absolute Gasteiger partial charge is 0.238 e. The number of thioether (sulfide) groups is 1. The molecule has 1 heterocycles. The molecular formula is C19H17BrClN3O2S. The van der Waals surface area contributed by atoms with Gasteiger partial charge < -0.3 is 5.32 Å². The van der Waals surface area contributed by atoms with E-state index in [0.29, 0.717) is 28.1 Å². The van der Waals surface area contributed by atoms with Crippen LogP contribution >= 0.6 is 39.3 Å². The van der Waals surface area contributed by atoms with Gasteiger partial charge in [0, 0.05) is 28.1 Å². The van der Waals surface area contributed by atoms with Crippen molar-refractivity contribution in [3.63, 3.8) is 0 Å². The van der Waals surface area contributed by atoms with E-state index in [9.17, 15) is 9.59 Å². The van der Waals surface area contributed by atoms with Crippen molar-refractivity contribution in [3.8, 4) is 0 Å². The van der Waals surface area contributed by atoms with Crippen LogP contribution in [0.4, 0.5) is 11.4 Å². The highest BCUT2D eigenvalue weighted by atomic mass is 79.9. The molecule has 1 unspecified atom stereocenters. The number of carbonyl (C=O) groups excluding carboxylic acids is 2. The summed E-state index contributed by atoms with van der Waals surface area (Å²) in [5.74, 6) is -0.340. The predicted octanol–water partition coefficient (Wildman–Crippen LogP) is 5.08. The molecule has 5 nitrogen and oxygen atoms in total. The highest BCUT2D eigenvalue weighted by molar-refractivity contribution is 9.10. The number of halogens is 2. The van der Waals surface area contributed by atoms with Crippen LogP contribution in [0.1, 0.15) is 13.3 Å². The third-order valence-electron chi connectivity index (χ3n) is 3.87. The second-order valence-corrected chi connectivity index (χ2v) is 8.34. The van der Waals surface area contributed by atoms with Crippen LogP contribution in [0, 0.1) is 0 Å². The van der Waals surface area contributed by atoms with Crippen molar-refractivity contribution in [2.45, 2.75) is 18.6 Å². The zero-order valence-corrected chi connectivity index (χ0v) is 17.6. The summed E-state index contributed by atoms with van der Waals surface area (Å²) in [6.45, 7) is 2.37. The first-order chi connectivity index (χ1) is 13.0. The third-order valence-corrected chi connectivity index (χ3v) is 5.79. The van der Waals surface area contributed by atoms with E-state index in [1.54, 1.807) is 29.2 Å². The lowest BCUT2D eigenvalue weighted by molar-refractivity contribution is -0.129. The quantitative estimate of drug-likeness (QED) is 0.683. The van der Waals surface area contributed by atoms with Crippen molar-refractivity contribution in [1.29, 1.82) is 0 Å². The van der Waals surface area contributed by atoms with E-state index in [1.165, 1.54) is 11.8 Å². The molecule has 1 aliphatic heterocycles. The molecule has 2 aromatic carbocycles. The minimum Gasteiger partial charge on any atom is -0.325 e. The van der Waals surface area contributed by atoms with E-state index < -0.39 is 5.25 Å². The predicted molar refractivity (Wildman–Crippen MR) is 115 cm³/mol. The largest absolute Gasteiger partial charge is 0.325 e. The lowest BCUT2D eigenvalue weighted by Gasteiger charge is -2.30. The summed E-state index contributed by atoms with van der Waals surface area (Å²) in [4.78, 5) is 31.3. The highest BCUT2D eigenvalue weighted by Gasteiger charge is 2.35. The van der Waals surface area contributed by atoms with Crippen molar-refractivity contribution >= 4 is 67.6 Å². The number of amides is 2. The average molecular weight is 467 g/mol. The number of carbonyl (C=O) groups is 2. The molecule has 1 fully saturated rings. The SMILES string of the molecule is CCN1C(=O)CC(C(=O)Nc2cccc(Br)c2)SC1=Nc1cccc(Cl)c1. The molecular weight excluding hydrogens is 450 g/mol. The summed E-state index contributed by atoms with van der Waals surface area (Å²) < 4.78 is 0.869. The number of hydrogen-bond acceptors (Lipinski definition) is 4. The Kier molecular flexibility index (Phi) is 6.57.